The van der Waals surface area contributed by atoms with Crippen molar-refractivity contribution >= 4 is 22.6 Å². The van der Waals surface area contributed by atoms with E-state index in [1.165, 1.54) is 0 Å². The largest absolute Gasteiger partial charge is 0.321 e. The first-order valence-electron chi connectivity index (χ1n) is 8.29. The van der Waals surface area contributed by atoms with E-state index in [-0.39, 0.29) is 11.9 Å². The average Bonchev–Trinajstić information content (AvgIpc) is 3.11. The summed E-state index contributed by atoms with van der Waals surface area (Å²) in [5.41, 5.74) is 4.49. The van der Waals surface area contributed by atoms with Crippen molar-refractivity contribution in [3.8, 4) is 0 Å². The first-order valence-corrected chi connectivity index (χ1v) is 8.29. The molecule has 1 aromatic carbocycles. The Kier molecular flexibility index (Phi) is 4.38. The molecule has 0 spiro atoms. The molecule has 1 amide bonds. The predicted octanol–water partition coefficient (Wildman–Crippen LogP) is 3.46. The Morgan fingerprint density at radius 2 is 2.04 bits per heavy atom. The van der Waals surface area contributed by atoms with Gasteiger partial charge in [0, 0.05) is 6.54 Å². The normalized spacial score (nSPS) is 12.5. The van der Waals surface area contributed by atoms with Crippen LogP contribution in [-0.4, -0.2) is 25.2 Å². The molecule has 3 aromatic rings. The minimum absolute atomic E-state index is 0.0691. The number of nitrogens with one attached hydrogen (secondary N) is 1. The Balaban J connectivity index is 1.85. The van der Waals surface area contributed by atoms with E-state index in [0.717, 1.165) is 41.1 Å². The van der Waals surface area contributed by atoms with Crippen LogP contribution in [-0.2, 0) is 11.3 Å². The van der Waals surface area contributed by atoms with Gasteiger partial charge in [-0.15, -0.1) is 0 Å². The molecule has 0 radical (unpaired) electrons. The molecule has 0 aliphatic carbocycles. The smallest absolute Gasteiger partial charge is 0.247 e. The summed E-state index contributed by atoms with van der Waals surface area (Å²) < 4.78 is 3.84. The van der Waals surface area contributed by atoms with Gasteiger partial charge in [0.1, 0.15) is 6.04 Å². The molecular formula is C18H23N5O. The maximum Gasteiger partial charge on any atom is 0.247 e. The molecular weight excluding hydrogens is 302 g/mol. The Bertz CT molecular complexity index is 877. The van der Waals surface area contributed by atoms with E-state index in [1.807, 2.05) is 54.3 Å². The highest BCUT2D eigenvalue weighted by Gasteiger charge is 2.20. The second kappa shape index (κ2) is 6.47. The quantitative estimate of drug-likeness (QED) is 0.781. The number of anilines is 1. The van der Waals surface area contributed by atoms with E-state index >= 15 is 0 Å². The van der Waals surface area contributed by atoms with Crippen LogP contribution in [0.3, 0.4) is 0 Å². The van der Waals surface area contributed by atoms with Crippen LogP contribution >= 0.6 is 0 Å². The molecule has 0 fully saturated rings. The van der Waals surface area contributed by atoms with E-state index in [2.05, 4.69) is 22.3 Å². The molecule has 2 heterocycles. The van der Waals surface area contributed by atoms with Crippen molar-refractivity contribution in [3.05, 3.63) is 42.0 Å². The number of hydrogen-bond donors (Lipinski definition) is 1. The lowest BCUT2D eigenvalue weighted by Gasteiger charge is -2.15. The molecule has 0 aliphatic rings. The van der Waals surface area contributed by atoms with Crippen LogP contribution in [0.15, 0.2) is 30.6 Å². The topological polar surface area (TPSA) is 64.7 Å². The van der Waals surface area contributed by atoms with Crippen LogP contribution in [0.1, 0.15) is 37.7 Å². The third kappa shape index (κ3) is 2.79. The van der Waals surface area contributed by atoms with Gasteiger partial charge in [0.15, 0.2) is 0 Å². The fourth-order valence-corrected chi connectivity index (χ4v) is 2.95. The monoisotopic (exact) mass is 325 g/mol. The Hall–Kier alpha value is -2.63. The molecule has 6 nitrogen and oxygen atoms in total. The van der Waals surface area contributed by atoms with E-state index in [1.54, 1.807) is 6.33 Å². The SMILES string of the molecule is CCCn1nc(C)c(NC(=O)C(C)n2cnc3ccccc32)c1C. The van der Waals surface area contributed by atoms with Gasteiger partial charge in [-0.3, -0.25) is 9.48 Å². The lowest BCUT2D eigenvalue weighted by Crippen LogP contribution is -2.23. The number of imidazole rings is 1. The molecule has 1 atom stereocenters. The standard InChI is InChI=1S/C18H23N5O/c1-5-10-23-13(3)17(12(2)21-23)20-18(24)14(4)22-11-19-15-8-6-7-9-16(15)22/h6-9,11,14H,5,10H2,1-4H3,(H,20,24). The molecule has 0 aliphatic heterocycles. The van der Waals surface area contributed by atoms with Crippen molar-refractivity contribution in [2.45, 2.75) is 46.7 Å². The van der Waals surface area contributed by atoms with Gasteiger partial charge >= 0.3 is 0 Å². The highest BCUT2D eigenvalue weighted by Crippen LogP contribution is 2.23. The van der Waals surface area contributed by atoms with Crippen molar-refractivity contribution in [2.75, 3.05) is 5.32 Å². The van der Waals surface area contributed by atoms with Gasteiger partial charge in [-0.25, -0.2) is 4.98 Å². The third-order valence-corrected chi connectivity index (χ3v) is 4.34. The maximum atomic E-state index is 12.7. The first kappa shape index (κ1) is 16.2. The number of hydrogen-bond acceptors (Lipinski definition) is 3. The lowest BCUT2D eigenvalue weighted by atomic mass is 10.2. The van der Waals surface area contributed by atoms with Gasteiger partial charge in [-0.2, -0.15) is 5.10 Å². The summed E-state index contributed by atoms with van der Waals surface area (Å²) >= 11 is 0. The second-order valence-corrected chi connectivity index (χ2v) is 6.07. The van der Waals surface area contributed by atoms with Crippen molar-refractivity contribution in [1.29, 1.82) is 0 Å². The summed E-state index contributed by atoms with van der Waals surface area (Å²) in [5.74, 6) is -0.0691. The van der Waals surface area contributed by atoms with Gasteiger partial charge < -0.3 is 9.88 Å². The number of fused-ring (bicyclic) bond motifs is 1. The zero-order valence-electron chi connectivity index (χ0n) is 14.6. The second-order valence-electron chi connectivity index (χ2n) is 6.07. The number of amides is 1. The Morgan fingerprint density at radius 1 is 1.29 bits per heavy atom. The maximum absolute atomic E-state index is 12.7. The van der Waals surface area contributed by atoms with Gasteiger partial charge in [-0.05, 0) is 39.3 Å². The highest BCUT2D eigenvalue weighted by molar-refractivity contribution is 5.95. The van der Waals surface area contributed by atoms with E-state index in [0.29, 0.717) is 0 Å². The molecule has 1 unspecified atom stereocenters. The fourth-order valence-electron chi connectivity index (χ4n) is 2.95. The number of para-hydroxylation sites is 2. The van der Waals surface area contributed by atoms with Gasteiger partial charge in [0.05, 0.1) is 34.4 Å². The minimum atomic E-state index is -0.356. The summed E-state index contributed by atoms with van der Waals surface area (Å²) in [7, 11) is 0. The number of benzene rings is 1. The lowest BCUT2D eigenvalue weighted by molar-refractivity contribution is -0.118. The number of nitrogens with zero attached hydrogens (tertiary/aromatic N) is 4. The Morgan fingerprint density at radius 3 is 2.79 bits per heavy atom. The van der Waals surface area contributed by atoms with Crippen molar-refractivity contribution in [3.63, 3.8) is 0 Å². The molecule has 0 bridgehead atoms. The van der Waals surface area contributed by atoms with Crippen LogP contribution < -0.4 is 5.32 Å². The highest BCUT2D eigenvalue weighted by atomic mass is 16.2. The summed E-state index contributed by atoms with van der Waals surface area (Å²) in [6.45, 7) is 8.75. The first-order chi connectivity index (χ1) is 11.5. The van der Waals surface area contributed by atoms with Crippen LogP contribution in [0.5, 0.6) is 0 Å². The van der Waals surface area contributed by atoms with Crippen LogP contribution in [0, 0.1) is 13.8 Å². The Labute approximate surface area is 141 Å². The van der Waals surface area contributed by atoms with Crippen LogP contribution in [0.4, 0.5) is 5.69 Å². The molecule has 126 valence electrons. The molecule has 0 saturated heterocycles. The summed E-state index contributed by atoms with van der Waals surface area (Å²) in [5, 5.41) is 7.55. The van der Waals surface area contributed by atoms with Gasteiger partial charge in [0.25, 0.3) is 0 Å². The molecule has 0 saturated carbocycles. The van der Waals surface area contributed by atoms with Crippen LogP contribution in [0.25, 0.3) is 11.0 Å². The van der Waals surface area contributed by atoms with Crippen molar-refractivity contribution < 1.29 is 4.79 Å². The van der Waals surface area contributed by atoms with E-state index < -0.39 is 0 Å². The van der Waals surface area contributed by atoms with Crippen molar-refractivity contribution in [1.82, 2.24) is 19.3 Å². The molecule has 6 heteroatoms. The number of rotatable bonds is 5. The summed E-state index contributed by atoms with van der Waals surface area (Å²) in [6.07, 6.45) is 2.72. The van der Waals surface area contributed by atoms with E-state index in [4.69, 9.17) is 0 Å². The van der Waals surface area contributed by atoms with Crippen molar-refractivity contribution in [2.24, 2.45) is 0 Å². The minimum Gasteiger partial charge on any atom is -0.321 e. The molecule has 3 rings (SSSR count). The average molecular weight is 325 g/mol. The van der Waals surface area contributed by atoms with E-state index in [9.17, 15) is 4.79 Å². The van der Waals surface area contributed by atoms with Gasteiger partial charge in [-0.1, -0.05) is 19.1 Å². The summed E-state index contributed by atoms with van der Waals surface area (Å²) in [6, 6.07) is 7.46. The fraction of sp³-hybridized carbons (Fsp3) is 0.389. The molecule has 2 aromatic heterocycles. The molecule has 24 heavy (non-hydrogen) atoms. The zero-order valence-corrected chi connectivity index (χ0v) is 14.6. The number of aromatic nitrogens is 4. The third-order valence-electron chi connectivity index (χ3n) is 4.34. The summed E-state index contributed by atoms with van der Waals surface area (Å²) in [4.78, 5) is 17.1. The van der Waals surface area contributed by atoms with Crippen LogP contribution in [0.2, 0.25) is 0 Å². The molecule has 1 N–H and O–H groups in total. The number of carbonyl (C=O) groups is 1. The number of carbonyl (C=O) groups excluding carboxylic acids is 1. The van der Waals surface area contributed by atoms with Gasteiger partial charge in [0.2, 0.25) is 5.91 Å². The predicted molar refractivity (Wildman–Crippen MR) is 95.1 cm³/mol. The number of aryl methyl sites for hydroxylation is 2. The zero-order chi connectivity index (χ0) is 17.3.